The first-order valence-electron chi connectivity index (χ1n) is 20.2. The fourth-order valence-corrected chi connectivity index (χ4v) is 10.9. The van der Waals surface area contributed by atoms with Crippen LogP contribution in [0.15, 0.2) is 182 Å². The van der Waals surface area contributed by atoms with Crippen LogP contribution in [0.5, 0.6) is 0 Å². The zero-order valence-corrected chi connectivity index (χ0v) is 33.3. The van der Waals surface area contributed by atoms with E-state index in [1.807, 2.05) is 0 Å². The molecular weight excluding hydrogens is 724 g/mol. The van der Waals surface area contributed by atoms with E-state index in [1.54, 1.807) is 0 Å². The van der Waals surface area contributed by atoms with Gasteiger partial charge in [-0.3, -0.25) is 0 Å². The SMILES string of the molecule is CC(C)(C)c1ccc2c(c1)c1cccc3c1n2-c1c(ccc(-n2c(-c4ccccc4)c(-c4ccccc4)c4ccccc42)c1Cl)C31c2ccccc2-c2ccccc21. The molecule has 2 nitrogen and oxygen atoms in total. The van der Waals surface area contributed by atoms with Crippen molar-refractivity contribution in [2.45, 2.75) is 31.6 Å². The molecule has 3 heteroatoms. The maximum Gasteiger partial charge on any atom is 0.0890 e. The molecule has 2 aromatic heterocycles. The standard InChI is InChI=1S/C55H39ClN2/c1-54(2,3)36-29-31-47-41(33-36)39-24-16-27-44-52(39)58(47)53-45(55(44)42-25-13-10-21-37(42)38-22-11-14-26-43(38)55)30-32-48(50(53)56)57-46-28-15-12-23-40(46)49(34-17-6-4-7-18-34)51(57)35-19-8-5-9-20-35/h4-33H,1-3H3. The number of nitrogens with zero attached hydrogens (tertiary/aromatic N) is 2. The Kier molecular flexibility index (Phi) is 6.91. The number of aromatic nitrogens is 2. The lowest BCUT2D eigenvalue weighted by atomic mass is 9.65. The lowest BCUT2D eigenvalue weighted by Gasteiger charge is -2.40. The second-order valence-electron chi connectivity index (χ2n) is 17.0. The molecular formula is C55H39ClN2. The highest BCUT2D eigenvalue weighted by Crippen LogP contribution is 2.62. The fraction of sp³-hybridized carbons (Fsp3) is 0.0909. The van der Waals surface area contributed by atoms with E-state index in [1.165, 1.54) is 71.7 Å². The molecule has 12 rings (SSSR count). The Labute approximate surface area is 343 Å². The van der Waals surface area contributed by atoms with Crippen LogP contribution in [0, 0.1) is 0 Å². The number of hydrogen-bond donors (Lipinski definition) is 0. The normalized spacial score (nSPS) is 13.7. The summed E-state index contributed by atoms with van der Waals surface area (Å²) in [5.74, 6) is 0. The Bertz CT molecular complexity index is 3280. The topological polar surface area (TPSA) is 9.86 Å². The number of hydrogen-bond acceptors (Lipinski definition) is 0. The second kappa shape index (κ2) is 12.0. The van der Waals surface area contributed by atoms with Gasteiger partial charge in [-0.1, -0.05) is 190 Å². The van der Waals surface area contributed by atoms with E-state index in [0.29, 0.717) is 0 Å². The second-order valence-corrected chi connectivity index (χ2v) is 17.3. The third-order valence-electron chi connectivity index (χ3n) is 13.0. The van der Waals surface area contributed by atoms with Crippen molar-refractivity contribution in [3.05, 3.63) is 215 Å². The molecule has 58 heavy (non-hydrogen) atoms. The Morgan fingerprint density at radius 1 is 0.466 bits per heavy atom. The summed E-state index contributed by atoms with van der Waals surface area (Å²) in [6.45, 7) is 6.89. The number of halogens is 1. The van der Waals surface area contributed by atoms with Gasteiger partial charge in [-0.15, -0.1) is 0 Å². The first-order chi connectivity index (χ1) is 28.4. The maximum absolute atomic E-state index is 8.26. The Hall–Kier alpha value is -6.61. The Morgan fingerprint density at radius 2 is 1.05 bits per heavy atom. The predicted octanol–water partition coefficient (Wildman–Crippen LogP) is 14.7. The summed E-state index contributed by atoms with van der Waals surface area (Å²) in [6.07, 6.45) is 0. The largest absolute Gasteiger partial charge is 0.307 e. The lowest BCUT2D eigenvalue weighted by molar-refractivity contribution is 0.591. The van der Waals surface area contributed by atoms with Crippen molar-refractivity contribution in [1.82, 2.24) is 9.13 Å². The fourth-order valence-electron chi connectivity index (χ4n) is 10.5. The molecule has 0 N–H and O–H groups in total. The Balaban J connectivity index is 1.28. The molecule has 0 fully saturated rings. The zero-order valence-electron chi connectivity index (χ0n) is 32.6. The van der Waals surface area contributed by atoms with Gasteiger partial charge < -0.3 is 9.13 Å². The van der Waals surface area contributed by atoms with E-state index < -0.39 is 5.41 Å². The summed E-state index contributed by atoms with van der Waals surface area (Å²) in [4.78, 5) is 0. The van der Waals surface area contributed by atoms with E-state index in [4.69, 9.17) is 11.6 Å². The first kappa shape index (κ1) is 33.5. The minimum absolute atomic E-state index is 0.00649. The van der Waals surface area contributed by atoms with Crippen LogP contribution in [0.1, 0.15) is 48.6 Å². The molecule has 8 aromatic carbocycles. The zero-order chi connectivity index (χ0) is 38.9. The Morgan fingerprint density at radius 3 is 1.76 bits per heavy atom. The van der Waals surface area contributed by atoms with Gasteiger partial charge in [0.25, 0.3) is 0 Å². The van der Waals surface area contributed by atoms with Crippen molar-refractivity contribution in [3.63, 3.8) is 0 Å². The lowest BCUT2D eigenvalue weighted by Crippen LogP contribution is -2.33. The molecule has 2 aliphatic rings. The van der Waals surface area contributed by atoms with Gasteiger partial charge in [0.05, 0.1) is 44.1 Å². The first-order valence-corrected chi connectivity index (χ1v) is 20.6. The quantitative estimate of drug-likeness (QED) is 0.170. The summed E-state index contributed by atoms with van der Waals surface area (Å²) >= 11 is 8.26. The summed E-state index contributed by atoms with van der Waals surface area (Å²) in [5, 5.41) is 4.40. The molecule has 276 valence electrons. The van der Waals surface area contributed by atoms with Crippen molar-refractivity contribution in [1.29, 1.82) is 0 Å². The van der Waals surface area contributed by atoms with E-state index >= 15 is 0 Å². The molecule has 0 atom stereocenters. The third kappa shape index (κ3) is 4.28. The highest BCUT2D eigenvalue weighted by molar-refractivity contribution is 6.35. The van der Waals surface area contributed by atoms with Gasteiger partial charge in [-0.25, -0.2) is 0 Å². The highest BCUT2D eigenvalue weighted by atomic mass is 35.5. The number of fused-ring (bicyclic) bond motifs is 13. The number of rotatable bonds is 3. The van der Waals surface area contributed by atoms with E-state index in [-0.39, 0.29) is 5.41 Å². The molecule has 0 saturated heterocycles. The van der Waals surface area contributed by atoms with Crippen molar-refractivity contribution in [2.75, 3.05) is 0 Å². The van der Waals surface area contributed by atoms with Crippen molar-refractivity contribution in [2.24, 2.45) is 0 Å². The van der Waals surface area contributed by atoms with Crippen LogP contribution in [0.25, 0.3) is 77.6 Å². The molecule has 3 heterocycles. The van der Waals surface area contributed by atoms with Gasteiger partial charge >= 0.3 is 0 Å². The van der Waals surface area contributed by atoms with Crippen molar-refractivity contribution in [3.8, 4) is 44.9 Å². The summed E-state index contributed by atoms with van der Waals surface area (Å²) in [7, 11) is 0. The van der Waals surface area contributed by atoms with Crippen molar-refractivity contribution < 1.29 is 0 Å². The molecule has 1 aliphatic heterocycles. The minimum Gasteiger partial charge on any atom is -0.307 e. The van der Waals surface area contributed by atoms with Gasteiger partial charge in [0.1, 0.15) is 0 Å². The van der Waals surface area contributed by atoms with Crippen LogP contribution in [-0.2, 0) is 10.8 Å². The van der Waals surface area contributed by atoms with Crippen molar-refractivity contribution >= 4 is 44.3 Å². The average molecular weight is 763 g/mol. The van der Waals surface area contributed by atoms with Crippen LogP contribution >= 0.6 is 11.6 Å². The van der Waals surface area contributed by atoms with Crippen LogP contribution < -0.4 is 0 Å². The molecule has 0 radical (unpaired) electrons. The van der Waals surface area contributed by atoms with Crippen LogP contribution in [-0.4, -0.2) is 9.13 Å². The monoisotopic (exact) mass is 762 g/mol. The number of para-hydroxylation sites is 2. The van der Waals surface area contributed by atoms with E-state index in [2.05, 4.69) is 212 Å². The van der Waals surface area contributed by atoms with Crippen LogP contribution in [0.2, 0.25) is 5.02 Å². The van der Waals surface area contributed by atoms with Gasteiger partial charge in [-0.2, -0.15) is 0 Å². The van der Waals surface area contributed by atoms with Crippen LogP contribution in [0.4, 0.5) is 0 Å². The van der Waals surface area contributed by atoms with E-state index in [0.717, 1.165) is 38.7 Å². The molecule has 0 bridgehead atoms. The highest BCUT2D eigenvalue weighted by Gasteiger charge is 2.51. The van der Waals surface area contributed by atoms with E-state index in [9.17, 15) is 0 Å². The molecule has 0 amide bonds. The maximum atomic E-state index is 8.26. The molecule has 0 saturated carbocycles. The molecule has 0 unspecified atom stereocenters. The van der Waals surface area contributed by atoms with Gasteiger partial charge in [0.15, 0.2) is 0 Å². The van der Waals surface area contributed by atoms with Gasteiger partial charge in [0.2, 0.25) is 0 Å². The summed E-state index contributed by atoms with van der Waals surface area (Å²) in [5.41, 5.74) is 18.4. The minimum atomic E-state index is -0.586. The smallest absolute Gasteiger partial charge is 0.0890 e. The molecule has 10 aromatic rings. The third-order valence-corrected chi connectivity index (χ3v) is 13.3. The van der Waals surface area contributed by atoms with Gasteiger partial charge in [0, 0.05) is 21.7 Å². The average Bonchev–Trinajstić information content (AvgIpc) is 3.88. The number of benzene rings is 8. The predicted molar refractivity (Wildman–Crippen MR) is 243 cm³/mol. The summed E-state index contributed by atoms with van der Waals surface area (Å²) < 4.78 is 4.91. The summed E-state index contributed by atoms with van der Waals surface area (Å²) in [6, 6.07) is 67.0. The van der Waals surface area contributed by atoms with Gasteiger partial charge in [-0.05, 0) is 79.8 Å². The molecule has 1 spiro atoms. The molecule has 1 aliphatic carbocycles. The van der Waals surface area contributed by atoms with Crippen LogP contribution in [0.3, 0.4) is 0 Å².